The maximum absolute atomic E-state index is 3.37. The van der Waals surface area contributed by atoms with Gasteiger partial charge in [0.15, 0.2) is 0 Å². The van der Waals surface area contributed by atoms with Gasteiger partial charge in [-0.25, -0.2) is 22.3 Å². The summed E-state index contributed by atoms with van der Waals surface area (Å²) in [5.74, 6) is 0. The van der Waals surface area contributed by atoms with Crippen LogP contribution in [0.2, 0.25) is 0 Å². The van der Waals surface area contributed by atoms with Crippen molar-refractivity contribution in [3.8, 4) is 0 Å². The van der Waals surface area contributed by atoms with Crippen LogP contribution >= 0.6 is 24.8 Å². The van der Waals surface area contributed by atoms with E-state index in [2.05, 4.69) is 79.7 Å². The van der Waals surface area contributed by atoms with Crippen LogP contribution in [0, 0.1) is 23.0 Å². The standard InChI is InChI=1S/2C10H15.2ClH.Zr/c2*1-8-6-5-7-9(8)10(2,3)4;;;/h2*6H,5H2,1-4H3;2*1H;/q2*-1;;;+2. The van der Waals surface area contributed by atoms with Crippen LogP contribution in [0.3, 0.4) is 0 Å². The first kappa shape index (κ1) is 28.2. The molecule has 130 valence electrons. The molecular weight excluding hydrogens is 402 g/mol. The van der Waals surface area contributed by atoms with Crippen molar-refractivity contribution >= 4 is 24.8 Å². The molecule has 0 aromatic heterocycles. The van der Waals surface area contributed by atoms with Gasteiger partial charge in [-0.1, -0.05) is 41.5 Å². The molecule has 0 spiro atoms. The smallest absolute Gasteiger partial charge is 0.269 e. The fourth-order valence-corrected chi connectivity index (χ4v) is 2.81. The summed E-state index contributed by atoms with van der Waals surface area (Å²) in [5, 5.41) is 0. The van der Waals surface area contributed by atoms with E-state index in [1.807, 2.05) is 0 Å². The van der Waals surface area contributed by atoms with Gasteiger partial charge in [0.1, 0.15) is 0 Å². The van der Waals surface area contributed by atoms with Gasteiger partial charge in [0.2, 0.25) is 0 Å². The minimum Gasteiger partial charge on any atom is -0.269 e. The molecule has 3 heteroatoms. The Hall–Kier alpha value is 0.423. The van der Waals surface area contributed by atoms with Crippen LogP contribution in [0.15, 0.2) is 34.4 Å². The quantitative estimate of drug-likeness (QED) is 0.358. The Balaban J connectivity index is -0.000000308. The third-order valence-corrected chi connectivity index (χ3v) is 3.66. The van der Waals surface area contributed by atoms with E-state index in [1.165, 1.54) is 22.3 Å². The van der Waals surface area contributed by atoms with Crippen molar-refractivity contribution in [3.63, 3.8) is 0 Å². The fourth-order valence-electron chi connectivity index (χ4n) is 2.81. The fraction of sp³-hybridized carbons (Fsp3) is 0.600. The largest absolute Gasteiger partial charge is 2.00 e. The summed E-state index contributed by atoms with van der Waals surface area (Å²) in [6.07, 6.45) is 13.2. The molecule has 0 saturated carbocycles. The molecule has 0 fully saturated rings. The molecule has 0 saturated heterocycles. The van der Waals surface area contributed by atoms with Gasteiger partial charge in [0.05, 0.1) is 0 Å². The van der Waals surface area contributed by atoms with Crippen LogP contribution < -0.4 is 0 Å². The first-order valence-corrected chi connectivity index (χ1v) is 7.60. The molecule has 2 aliphatic carbocycles. The van der Waals surface area contributed by atoms with E-state index in [0.29, 0.717) is 0 Å². The van der Waals surface area contributed by atoms with Crippen molar-refractivity contribution in [1.82, 2.24) is 0 Å². The van der Waals surface area contributed by atoms with Crippen molar-refractivity contribution in [2.24, 2.45) is 10.8 Å². The van der Waals surface area contributed by atoms with Crippen LogP contribution in [0.4, 0.5) is 0 Å². The van der Waals surface area contributed by atoms with Crippen LogP contribution in [0.25, 0.3) is 0 Å². The zero-order chi connectivity index (χ0) is 15.6. The van der Waals surface area contributed by atoms with E-state index in [0.717, 1.165) is 12.8 Å². The molecule has 0 amide bonds. The van der Waals surface area contributed by atoms with Crippen LogP contribution in [0.1, 0.15) is 68.2 Å². The average Bonchev–Trinajstić information content (AvgIpc) is 2.85. The van der Waals surface area contributed by atoms with Gasteiger partial charge < -0.3 is 0 Å². The van der Waals surface area contributed by atoms with Gasteiger partial charge >= 0.3 is 26.2 Å². The van der Waals surface area contributed by atoms with Crippen LogP contribution in [-0.2, 0) is 26.2 Å². The number of allylic oxidation sites excluding steroid dienone is 8. The van der Waals surface area contributed by atoms with Gasteiger partial charge in [0, 0.05) is 0 Å². The molecule has 0 aromatic carbocycles. The zero-order valence-electron chi connectivity index (χ0n) is 15.9. The maximum atomic E-state index is 3.37. The van der Waals surface area contributed by atoms with Crippen molar-refractivity contribution in [2.75, 3.05) is 0 Å². The molecular formula is C20H32Cl2Zr. The Kier molecular flexibility index (Phi) is 13.6. The SMILES string of the molecule is CC1=CC[C-]=C1C(C)(C)C.CC1=CC[C-]=C1C(C)(C)C.Cl.Cl.[Zr+2]. The molecule has 0 aliphatic heterocycles. The summed E-state index contributed by atoms with van der Waals surface area (Å²) in [5.41, 5.74) is 6.19. The van der Waals surface area contributed by atoms with Crippen molar-refractivity contribution in [1.29, 1.82) is 0 Å². The molecule has 0 atom stereocenters. The number of halogens is 2. The summed E-state index contributed by atoms with van der Waals surface area (Å²) in [6.45, 7) is 17.7. The predicted molar refractivity (Wildman–Crippen MR) is 104 cm³/mol. The molecule has 0 unspecified atom stereocenters. The predicted octanol–water partition coefficient (Wildman–Crippen LogP) is 7.07. The molecule has 0 heterocycles. The van der Waals surface area contributed by atoms with Crippen molar-refractivity contribution in [2.45, 2.75) is 68.2 Å². The van der Waals surface area contributed by atoms with E-state index in [9.17, 15) is 0 Å². The molecule has 2 rings (SSSR count). The van der Waals surface area contributed by atoms with E-state index >= 15 is 0 Å². The first-order valence-electron chi connectivity index (χ1n) is 7.60. The molecule has 0 radical (unpaired) electrons. The van der Waals surface area contributed by atoms with Crippen LogP contribution in [0.5, 0.6) is 0 Å². The van der Waals surface area contributed by atoms with Crippen LogP contribution in [-0.4, -0.2) is 0 Å². The monoisotopic (exact) mass is 432 g/mol. The van der Waals surface area contributed by atoms with Gasteiger partial charge in [-0.2, -0.15) is 12.2 Å². The van der Waals surface area contributed by atoms with Gasteiger partial charge in [0.25, 0.3) is 0 Å². The summed E-state index contributed by atoms with van der Waals surface area (Å²) < 4.78 is 0. The minimum atomic E-state index is 0. The Labute approximate surface area is 175 Å². The summed E-state index contributed by atoms with van der Waals surface area (Å²) >= 11 is 0. The first-order chi connectivity index (χ1) is 9.03. The Bertz CT molecular complexity index is 435. The third kappa shape index (κ3) is 8.90. The topological polar surface area (TPSA) is 0 Å². The van der Waals surface area contributed by atoms with Crippen molar-refractivity contribution < 1.29 is 26.2 Å². The van der Waals surface area contributed by atoms with Gasteiger partial charge in [-0.3, -0.25) is 12.2 Å². The van der Waals surface area contributed by atoms with Gasteiger partial charge in [-0.15, -0.1) is 51.5 Å². The third-order valence-electron chi connectivity index (χ3n) is 3.66. The van der Waals surface area contributed by atoms with E-state index < -0.39 is 0 Å². The number of hydrogen-bond acceptors (Lipinski definition) is 0. The van der Waals surface area contributed by atoms with Gasteiger partial charge in [-0.05, 0) is 10.8 Å². The number of hydrogen-bond donors (Lipinski definition) is 0. The van der Waals surface area contributed by atoms with E-state index in [1.54, 1.807) is 0 Å². The summed E-state index contributed by atoms with van der Waals surface area (Å²) in [4.78, 5) is 0. The summed E-state index contributed by atoms with van der Waals surface area (Å²) in [6, 6.07) is 0. The minimum absolute atomic E-state index is 0. The molecule has 0 aromatic rings. The van der Waals surface area contributed by atoms with Crippen molar-refractivity contribution in [3.05, 3.63) is 46.6 Å². The molecule has 23 heavy (non-hydrogen) atoms. The second-order valence-corrected chi connectivity index (χ2v) is 7.79. The Morgan fingerprint density at radius 2 is 0.957 bits per heavy atom. The molecule has 0 nitrogen and oxygen atoms in total. The normalized spacial score (nSPS) is 16.3. The molecule has 0 bridgehead atoms. The maximum Gasteiger partial charge on any atom is 2.00 e. The summed E-state index contributed by atoms with van der Waals surface area (Å²) in [7, 11) is 0. The van der Waals surface area contributed by atoms with E-state index in [-0.39, 0.29) is 61.8 Å². The molecule has 0 N–H and O–H groups in total. The second-order valence-electron chi connectivity index (χ2n) is 7.79. The molecule has 2 aliphatic rings. The van der Waals surface area contributed by atoms with E-state index in [4.69, 9.17) is 0 Å². The average molecular weight is 435 g/mol. The number of rotatable bonds is 0. The Morgan fingerprint density at radius 3 is 1.04 bits per heavy atom. The second kappa shape index (κ2) is 11.1. The Morgan fingerprint density at radius 1 is 0.696 bits per heavy atom. The zero-order valence-corrected chi connectivity index (χ0v) is 20.0.